The number of urea groups is 1. The summed E-state index contributed by atoms with van der Waals surface area (Å²) in [5, 5.41) is 2.62. The molecule has 3 amide bonds. The number of esters is 2. The molecule has 0 bridgehead atoms. The number of nitrogens with zero attached hydrogens (tertiary/aromatic N) is 1. The number of nitrogens with one attached hydrogen (secondary N) is 1. The van der Waals surface area contributed by atoms with E-state index in [1.807, 2.05) is 0 Å². The molecule has 0 aromatic heterocycles. The van der Waals surface area contributed by atoms with Crippen LogP contribution in [0, 0.1) is 0 Å². The van der Waals surface area contributed by atoms with E-state index in [4.69, 9.17) is 9.47 Å². The minimum absolute atomic E-state index is 0.276. The molecule has 0 aromatic carbocycles. The maximum Gasteiger partial charge on any atom is 0.347 e. The number of cyclic esters (lactones) is 1. The fourth-order valence-electron chi connectivity index (χ4n) is 2.69. The summed E-state index contributed by atoms with van der Waals surface area (Å²) in [5.41, 5.74) is -0.960. The highest BCUT2D eigenvalue weighted by atomic mass is 16.6. The van der Waals surface area contributed by atoms with Crippen LogP contribution in [0.2, 0.25) is 0 Å². The zero-order valence-corrected chi connectivity index (χ0v) is 12.9. The van der Waals surface area contributed by atoms with Gasteiger partial charge in [0.25, 0.3) is 5.91 Å². The van der Waals surface area contributed by atoms with E-state index in [0.717, 1.165) is 4.90 Å². The van der Waals surface area contributed by atoms with Crippen LogP contribution in [0.1, 0.15) is 40.0 Å². The molecule has 2 aliphatic rings. The van der Waals surface area contributed by atoms with Gasteiger partial charge in [0.2, 0.25) is 6.10 Å². The summed E-state index contributed by atoms with van der Waals surface area (Å²) < 4.78 is 9.88. The van der Waals surface area contributed by atoms with Crippen LogP contribution in [0.4, 0.5) is 4.79 Å². The van der Waals surface area contributed by atoms with E-state index in [0.29, 0.717) is 12.8 Å². The lowest BCUT2D eigenvalue weighted by atomic mass is 9.93. The van der Waals surface area contributed by atoms with E-state index in [1.54, 1.807) is 20.8 Å². The lowest BCUT2D eigenvalue weighted by molar-refractivity contribution is -0.161. The molecule has 2 saturated heterocycles. The molecular formula is C14H20N2O6. The van der Waals surface area contributed by atoms with Crippen molar-refractivity contribution in [2.45, 2.75) is 57.8 Å². The zero-order chi connectivity index (χ0) is 16.5. The Morgan fingerprint density at radius 3 is 2.45 bits per heavy atom. The van der Waals surface area contributed by atoms with Gasteiger partial charge in [-0.3, -0.25) is 14.5 Å². The summed E-state index contributed by atoms with van der Waals surface area (Å²) in [5.74, 6) is -1.85. The van der Waals surface area contributed by atoms with Gasteiger partial charge in [-0.05, 0) is 19.8 Å². The molecule has 0 saturated carbocycles. The Kier molecular flexibility index (Phi) is 4.39. The Labute approximate surface area is 128 Å². The quantitative estimate of drug-likeness (QED) is 0.580. The molecule has 8 nitrogen and oxygen atoms in total. The molecule has 122 valence electrons. The van der Waals surface area contributed by atoms with Gasteiger partial charge in [-0.1, -0.05) is 13.8 Å². The molecule has 2 heterocycles. The first kappa shape index (κ1) is 16.3. The maximum absolute atomic E-state index is 12.3. The van der Waals surface area contributed by atoms with Crippen LogP contribution in [0.15, 0.2) is 0 Å². The van der Waals surface area contributed by atoms with Gasteiger partial charge in [-0.25, -0.2) is 9.59 Å². The molecule has 0 unspecified atom stereocenters. The van der Waals surface area contributed by atoms with E-state index >= 15 is 0 Å². The largest absolute Gasteiger partial charge is 0.460 e. The smallest absolute Gasteiger partial charge is 0.347 e. The fourth-order valence-corrected chi connectivity index (χ4v) is 2.69. The molecule has 8 heteroatoms. The van der Waals surface area contributed by atoms with Crippen LogP contribution in [0.3, 0.4) is 0 Å². The number of ether oxygens (including phenoxy) is 2. The molecule has 0 radical (unpaired) electrons. The SMILES string of the molecule is CCC1(CC)NC(=O)N(CC(=O)O[C@@H]2C[C@@H](C)OC2=O)C1=O. The Morgan fingerprint density at radius 1 is 1.36 bits per heavy atom. The summed E-state index contributed by atoms with van der Waals surface area (Å²) >= 11 is 0. The number of rotatable bonds is 5. The zero-order valence-electron chi connectivity index (χ0n) is 12.9. The minimum Gasteiger partial charge on any atom is -0.460 e. The Morgan fingerprint density at radius 2 is 2.00 bits per heavy atom. The first-order chi connectivity index (χ1) is 10.3. The molecule has 0 aliphatic carbocycles. The normalized spacial score (nSPS) is 26.9. The van der Waals surface area contributed by atoms with Crippen molar-refractivity contribution in [3.8, 4) is 0 Å². The van der Waals surface area contributed by atoms with Gasteiger partial charge in [0.15, 0.2) is 0 Å². The van der Waals surface area contributed by atoms with E-state index in [-0.39, 0.29) is 12.5 Å². The summed E-state index contributed by atoms with van der Waals surface area (Å²) in [4.78, 5) is 48.4. The summed E-state index contributed by atoms with van der Waals surface area (Å²) in [6, 6.07) is -0.618. The lowest BCUT2D eigenvalue weighted by Crippen LogP contribution is -2.46. The lowest BCUT2D eigenvalue weighted by Gasteiger charge is -2.23. The van der Waals surface area contributed by atoms with Gasteiger partial charge in [0, 0.05) is 6.42 Å². The topological polar surface area (TPSA) is 102 Å². The van der Waals surface area contributed by atoms with E-state index < -0.39 is 42.1 Å². The molecular weight excluding hydrogens is 292 g/mol. The molecule has 2 aliphatic heterocycles. The van der Waals surface area contributed by atoms with E-state index in [9.17, 15) is 19.2 Å². The number of imide groups is 1. The van der Waals surface area contributed by atoms with Gasteiger partial charge >= 0.3 is 18.0 Å². The van der Waals surface area contributed by atoms with Crippen molar-refractivity contribution in [1.82, 2.24) is 10.2 Å². The summed E-state index contributed by atoms with van der Waals surface area (Å²) in [7, 11) is 0. The number of carbonyl (C=O) groups excluding carboxylic acids is 4. The van der Waals surface area contributed by atoms with E-state index in [1.165, 1.54) is 0 Å². The molecule has 0 spiro atoms. The second kappa shape index (κ2) is 5.94. The van der Waals surface area contributed by atoms with Gasteiger partial charge < -0.3 is 14.8 Å². The summed E-state index contributed by atoms with van der Waals surface area (Å²) in [6.45, 7) is 4.77. The van der Waals surface area contributed by atoms with Crippen LogP contribution in [-0.2, 0) is 23.9 Å². The van der Waals surface area contributed by atoms with Crippen LogP contribution in [0.5, 0.6) is 0 Å². The highest BCUT2D eigenvalue weighted by molar-refractivity contribution is 6.08. The Hall–Kier alpha value is -2.12. The highest BCUT2D eigenvalue weighted by Gasteiger charge is 2.49. The number of carbonyl (C=O) groups is 4. The van der Waals surface area contributed by atoms with Crippen molar-refractivity contribution >= 4 is 23.9 Å². The van der Waals surface area contributed by atoms with Crippen LogP contribution in [0.25, 0.3) is 0 Å². The molecule has 2 fully saturated rings. The van der Waals surface area contributed by atoms with Gasteiger partial charge in [0.1, 0.15) is 18.2 Å². The predicted octanol–water partition coefficient (Wildman–Crippen LogP) is 0.344. The third kappa shape index (κ3) is 2.77. The number of hydrogen-bond acceptors (Lipinski definition) is 6. The van der Waals surface area contributed by atoms with Gasteiger partial charge in [-0.2, -0.15) is 0 Å². The first-order valence-corrected chi connectivity index (χ1v) is 7.37. The standard InChI is InChI=1S/C14H20N2O6/c1-4-14(5-2)12(19)16(13(20)15-14)7-10(17)22-9-6-8(3)21-11(9)18/h8-9H,4-7H2,1-3H3,(H,15,20)/t8-,9-/m1/s1. The first-order valence-electron chi connectivity index (χ1n) is 7.37. The average molecular weight is 312 g/mol. The molecule has 22 heavy (non-hydrogen) atoms. The molecule has 1 N–H and O–H groups in total. The van der Waals surface area contributed by atoms with Crippen molar-refractivity contribution in [2.24, 2.45) is 0 Å². The number of amides is 3. The van der Waals surface area contributed by atoms with Crippen LogP contribution >= 0.6 is 0 Å². The number of hydrogen-bond donors (Lipinski definition) is 1. The van der Waals surface area contributed by atoms with Gasteiger partial charge in [-0.15, -0.1) is 0 Å². The second-order valence-electron chi connectivity index (χ2n) is 5.57. The van der Waals surface area contributed by atoms with Crippen molar-refractivity contribution in [1.29, 1.82) is 0 Å². The van der Waals surface area contributed by atoms with Crippen molar-refractivity contribution in [3.63, 3.8) is 0 Å². The highest BCUT2D eigenvalue weighted by Crippen LogP contribution is 2.25. The maximum atomic E-state index is 12.3. The van der Waals surface area contributed by atoms with E-state index in [2.05, 4.69) is 5.32 Å². The van der Waals surface area contributed by atoms with Crippen molar-refractivity contribution in [2.75, 3.05) is 6.54 Å². The Bertz CT molecular complexity index is 513. The third-order valence-electron chi connectivity index (χ3n) is 4.14. The summed E-state index contributed by atoms with van der Waals surface area (Å²) in [6.07, 6.45) is -0.128. The van der Waals surface area contributed by atoms with Crippen molar-refractivity contribution in [3.05, 3.63) is 0 Å². The average Bonchev–Trinajstić information content (AvgIpc) is 2.90. The Balaban J connectivity index is 1.98. The molecule has 2 atom stereocenters. The molecule has 0 aromatic rings. The third-order valence-corrected chi connectivity index (χ3v) is 4.14. The molecule has 2 rings (SSSR count). The fraction of sp³-hybridized carbons (Fsp3) is 0.714. The van der Waals surface area contributed by atoms with Crippen LogP contribution in [-0.4, -0.2) is 53.1 Å². The van der Waals surface area contributed by atoms with Crippen LogP contribution < -0.4 is 5.32 Å². The second-order valence-corrected chi connectivity index (χ2v) is 5.57. The van der Waals surface area contributed by atoms with Gasteiger partial charge in [0.05, 0.1) is 0 Å². The van der Waals surface area contributed by atoms with Crippen molar-refractivity contribution < 1.29 is 28.7 Å². The minimum atomic E-state index is -0.967. The predicted molar refractivity (Wildman–Crippen MR) is 73.6 cm³/mol. The monoisotopic (exact) mass is 312 g/mol.